The Morgan fingerprint density at radius 3 is 2.42 bits per heavy atom. The van der Waals surface area contributed by atoms with Crippen LogP contribution in [0.1, 0.15) is 23.2 Å². The van der Waals surface area contributed by atoms with Crippen LogP contribution in [-0.2, 0) is 16.7 Å². The van der Waals surface area contributed by atoms with E-state index in [1.807, 2.05) is 60.7 Å². The summed E-state index contributed by atoms with van der Waals surface area (Å²) in [5.41, 5.74) is 4.25. The highest BCUT2D eigenvalue weighted by atomic mass is 32.2. The molecule has 0 aliphatic heterocycles. The lowest BCUT2D eigenvalue weighted by Crippen LogP contribution is -2.39. The predicted octanol–water partition coefficient (Wildman–Crippen LogP) is 3.54. The summed E-state index contributed by atoms with van der Waals surface area (Å²) in [5, 5.41) is 1.12. The van der Waals surface area contributed by atoms with Crippen molar-refractivity contribution in [2.24, 2.45) is 0 Å². The van der Waals surface area contributed by atoms with Crippen molar-refractivity contribution >= 4 is 33.2 Å². The van der Waals surface area contributed by atoms with Gasteiger partial charge in [-0.3, -0.25) is 0 Å². The quantitative estimate of drug-likeness (QED) is 0.494. The van der Waals surface area contributed by atoms with Gasteiger partial charge in [-0.25, -0.2) is 8.42 Å². The molecule has 4 nitrogen and oxygen atoms in total. The summed E-state index contributed by atoms with van der Waals surface area (Å²) in [6.07, 6.45) is 4.35. The van der Waals surface area contributed by atoms with E-state index < -0.39 is 10.1 Å². The minimum absolute atomic E-state index is 0.287. The number of aryl methyl sites for hydroxylation is 2. The average Bonchev–Trinajstić information content (AvgIpc) is 2.62. The minimum Gasteiger partial charge on any atom is -0.748 e. The van der Waals surface area contributed by atoms with Crippen LogP contribution in [0.15, 0.2) is 60.7 Å². The third-order valence-corrected chi connectivity index (χ3v) is 5.11. The highest BCUT2D eigenvalue weighted by Crippen LogP contribution is 2.18. The molecule has 0 radical (unpaired) electrons. The first kappa shape index (κ1) is 18.3. The number of fused-ring (bicyclic) bond motifs is 1. The molecule has 0 fully saturated rings. The molecule has 26 heavy (non-hydrogen) atoms. The van der Waals surface area contributed by atoms with E-state index >= 15 is 0 Å². The van der Waals surface area contributed by atoms with Crippen molar-refractivity contribution in [3.63, 3.8) is 0 Å². The fourth-order valence-corrected chi connectivity index (χ4v) is 3.57. The lowest BCUT2D eigenvalue weighted by atomic mass is 10.1. The second-order valence-electron chi connectivity index (χ2n) is 6.28. The van der Waals surface area contributed by atoms with Crippen LogP contribution in [0.25, 0.3) is 23.1 Å². The molecule has 0 aliphatic rings. The molecule has 0 saturated carbocycles. The van der Waals surface area contributed by atoms with Gasteiger partial charge in [-0.2, -0.15) is 4.57 Å². The topological polar surface area (TPSA) is 61.1 Å². The lowest BCUT2D eigenvalue weighted by Gasteiger charge is -2.09. The summed E-state index contributed by atoms with van der Waals surface area (Å²) in [6.45, 7) is 2.53. The van der Waals surface area contributed by atoms with E-state index in [9.17, 15) is 13.0 Å². The average molecular weight is 367 g/mol. The van der Waals surface area contributed by atoms with Gasteiger partial charge < -0.3 is 4.55 Å². The molecule has 0 aliphatic carbocycles. The molecule has 3 aromatic rings. The van der Waals surface area contributed by atoms with E-state index in [0.29, 0.717) is 6.54 Å². The number of benzene rings is 2. The largest absolute Gasteiger partial charge is 0.748 e. The Bertz CT molecular complexity index is 1040. The molecule has 0 bridgehead atoms. The Morgan fingerprint density at radius 1 is 1.00 bits per heavy atom. The molecule has 0 spiro atoms. The zero-order chi connectivity index (χ0) is 18.6. The third kappa shape index (κ3) is 4.56. The Hall–Kier alpha value is -2.50. The lowest BCUT2D eigenvalue weighted by molar-refractivity contribution is -0.673. The first-order chi connectivity index (χ1) is 12.4. The number of hydrogen-bond donors (Lipinski definition) is 0. The first-order valence-electron chi connectivity index (χ1n) is 8.53. The Kier molecular flexibility index (Phi) is 5.49. The SMILES string of the molecule is Cc1cc(/C=C/c2ccccc2)[n+](CCCS(=O)(=O)[O-])c2ccccc12. The van der Waals surface area contributed by atoms with Gasteiger partial charge in [0.05, 0.1) is 10.1 Å². The Labute approximate surface area is 154 Å². The summed E-state index contributed by atoms with van der Waals surface area (Å²) < 4.78 is 34.9. The van der Waals surface area contributed by atoms with E-state index in [1.54, 1.807) is 0 Å². The van der Waals surface area contributed by atoms with Crippen LogP contribution in [0.3, 0.4) is 0 Å². The van der Waals surface area contributed by atoms with Crippen molar-refractivity contribution < 1.29 is 17.5 Å². The molecular formula is C21H21NO3S. The molecule has 0 N–H and O–H groups in total. The number of pyridine rings is 1. The van der Waals surface area contributed by atoms with Crippen LogP contribution in [-0.4, -0.2) is 18.7 Å². The zero-order valence-corrected chi connectivity index (χ0v) is 15.4. The van der Waals surface area contributed by atoms with Crippen LogP contribution < -0.4 is 4.57 Å². The van der Waals surface area contributed by atoms with Crippen molar-refractivity contribution in [1.82, 2.24) is 0 Å². The van der Waals surface area contributed by atoms with Crippen LogP contribution >= 0.6 is 0 Å². The second-order valence-corrected chi connectivity index (χ2v) is 7.80. The minimum atomic E-state index is -4.21. The molecular weight excluding hydrogens is 346 g/mol. The van der Waals surface area contributed by atoms with Gasteiger partial charge >= 0.3 is 0 Å². The molecule has 0 saturated heterocycles. The highest BCUT2D eigenvalue weighted by Gasteiger charge is 2.16. The van der Waals surface area contributed by atoms with Gasteiger partial charge in [0, 0.05) is 35.8 Å². The maximum Gasteiger partial charge on any atom is 0.213 e. The van der Waals surface area contributed by atoms with Crippen molar-refractivity contribution in [3.05, 3.63) is 77.5 Å². The van der Waals surface area contributed by atoms with Gasteiger partial charge in [0.15, 0.2) is 6.54 Å². The van der Waals surface area contributed by atoms with E-state index in [1.165, 1.54) is 0 Å². The maximum absolute atomic E-state index is 11.0. The second kappa shape index (κ2) is 7.81. The van der Waals surface area contributed by atoms with Crippen LogP contribution in [0.2, 0.25) is 0 Å². The van der Waals surface area contributed by atoms with Crippen molar-refractivity contribution in [1.29, 1.82) is 0 Å². The maximum atomic E-state index is 11.0. The predicted molar refractivity (Wildman–Crippen MR) is 103 cm³/mol. The van der Waals surface area contributed by atoms with Gasteiger partial charge in [0.2, 0.25) is 11.2 Å². The molecule has 5 heteroatoms. The van der Waals surface area contributed by atoms with E-state index in [4.69, 9.17) is 0 Å². The van der Waals surface area contributed by atoms with Crippen molar-refractivity contribution in [3.8, 4) is 0 Å². The standard InChI is InChI=1S/C21H21NO3S/c1-17-16-19(13-12-18-8-3-2-4-9-18)22(14-7-15-26(23,24)25)21-11-6-5-10-20(17)21/h2-6,8-13,16H,7,14-15H2,1H3/b13-12+. The molecule has 134 valence electrons. The molecule has 0 atom stereocenters. The van der Waals surface area contributed by atoms with Gasteiger partial charge in [0.1, 0.15) is 0 Å². The smallest absolute Gasteiger partial charge is 0.213 e. The zero-order valence-electron chi connectivity index (χ0n) is 14.6. The molecule has 1 aromatic heterocycles. The number of nitrogens with zero attached hydrogens (tertiary/aromatic N) is 1. The van der Waals surface area contributed by atoms with Gasteiger partial charge in [0.25, 0.3) is 0 Å². The van der Waals surface area contributed by atoms with E-state index in [0.717, 1.165) is 27.7 Å². The first-order valence-corrected chi connectivity index (χ1v) is 10.1. The summed E-state index contributed by atoms with van der Waals surface area (Å²) >= 11 is 0. The Morgan fingerprint density at radius 2 is 1.69 bits per heavy atom. The Balaban J connectivity index is 2.02. The summed E-state index contributed by atoms with van der Waals surface area (Å²) in [5.74, 6) is -0.357. The third-order valence-electron chi connectivity index (χ3n) is 4.32. The summed E-state index contributed by atoms with van der Waals surface area (Å²) in [7, 11) is -4.21. The normalized spacial score (nSPS) is 12.1. The highest BCUT2D eigenvalue weighted by molar-refractivity contribution is 7.85. The molecule has 3 rings (SSSR count). The summed E-state index contributed by atoms with van der Waals surface area (Å²) in [6, 6.07) is 20.1. The van der Waals surface area contributed by atoms with Gasteiger partial charge in [-0.1, -0.05) is 42.5 Å². The number of para-hydroxylation sites is 1. The van der Waals surface area contributed by atoms with Crippen molar-refractivity contribution in [2.75, 3.05) is 5.75 Å². The van der Waals surface area contributed by atoms with Crippen LogP contribution in [0, 0.1) is 6.92 Å². The monoisotopic (exact) mass is 367 g/mol. The fraction of sp³-hybridized carbons (Fsp3) is 0.190. The number of hydrogen-bond acceptors (Lipinski definition) is 3. The van der Waals surface area contributed by atoms with E-state index in [-0.39, 0.29) is 12.2 Å². The summed E-state index contributed by atoms with van der Waals surface area (Å²) in [4.78, 5) is 0. The van der Waals surface area contributed by atoms with Crippen LogP contribution in [0.4, 0.5) is 0 Å². The molecule has 0 amide bonds. The molecule has 2 aromatic carbocycles. The molecule has 0 unspecified atom stereocenters. The fourth-order valence-electron chi connectivity index (χ4n) is 3.09. The van der Waals surface area contributed by atoms with Gasteiger partial charge in [-0.05, 0) is 30.2 Å². The van der Waals surface area contributed by atoms with Crippen LogP contribution in [0.5, 0.6) is 0 Å². The molecule has 1 heterocycles. The van der Waals surface area contributed by atoms with Crippen molar-refractivity contribution in [2.45, 2.75) is 19.9 Å². The number of aromatic nitrogens is 1. The van der Waals surface area contributed by atoms with E-state index in [2.05, 4.69) is 23.6 Å². The number of rotatable bonds is 6. The van der Waals surface area contributed by atoms with Gasteiger partial charge in [-0.15, -0.1) is 0 Å².